The van der Waals surface area contributed by atoms with Gasteiger partial charge in [0.1, 0.15) is 5.15 Å². The van der Waals surface area contributed by atoms with Gasteiger partial charge in [0.25, 0.3) is 0 Å². The molecule has 0 radical (unpaired) electrons. The number of hydrogen-bond acceptors (Lipinski definition) is 4. The molecule has 31 heavy (non-hydrogen) atoms. The predicted molar refractivity (Wildman–Crippen MR) is 117 cm³/mol. The van der Waals surface area contributed by atoms with E-state index in [9.17, 15) is 13.2 Å². The minimum absolute atomic E-state index is 0.0654. The Morgan fingerprint density at radius 3 is 1.68 bits per heavy atom. The van der Waals surface area contributed by atoms with Crippen molar-refractivity contribution >= 4 is 30.3 Å². The van der Waals surface area contributed by atoms with Gasteiger partial charge in [-0.15, -0.1) is 0 Å². The zero-order valence-electron chi connectivity index (χ0n) is 16.6. The highest BCUT2D eigenvalue weighted by Gasteiger charge is 2.30. The quantitative estimate of drug-likeness (QED) is 0.335. The number of hydrogen-bond donors (Lipinski definition) is 0. The summed E-state index contributed by atoms with van der Waals surface area (Å²) in [6.45, 7) is 4.09. The number of pyridine rings is 4. The highest BCUT2D eigenvalue weighted by atomic mass is 35.5. The second-order valence-corrected chi connectivity index (χ2v) is 12.0. The molecule has 4 rings (SSSR count). The molecule has 0 unspecified atom stereocenters. The second-order valence-electron chi connectivity index (χ2n) is 7.39. The third-order valence-corrected chi connectivity index (χ3v) is 8.29. The molecular weight excluding hydrogens is 441 g/mol. The fraction of sp³-hybridized carbons (Fsp3) is 0.0909. The van der Waals surface area contributed by atoms with Crippen LogP contribution in [-0.4, -0.2) is 28.0 Å². The van der Waals surface area contributed by atoms with Gasteiger partial charge >= 0.3 is 0 Å². The van der Waals surface area contributed by atoms with E-state index in [2.05, 4.69) is 19.9 Å². The zero-order valence-corrected chi connectivity index (χ0v) is 18.3. The van der Waals surface area contributed by atoms with Crippen molar-refractivity contribution in [3.8, 4) is 22.5 Å². The highest BCUT2D eigenvalue weighted by Crippen LogP contribution is 2.22. The molecule has 0 aliphatic carbocycles. The number of rotatable bonds is 4. The molecule has 0 spiro atoms. The molecule has 0 aliphatic heterocycles. The summed E-state index contributed by atoms with van der Waals surface area (Å²) in [5, 5.41) is 1.57. The molecule has 0 fully saturated rings. The average Bonchev–Trinajstić information content (AvgIpc) is 2.74. The minimum Gasteiger partial charge on any atom is -0.257 e. The van der Waals surface area contributed by atoms with Crippen molar-refractivity contribution in [2.24, 2.45) is 0 Å². The number of aromatic nitrogens is 4. The molecule has 0 amide bonds. The summed E-state index contributed by atoms with van der Waals surface area (Å²) in [4.78, 5) is 16.2. The van der Waals surface area contributed by atoms with E-state index in [1.54, 1.807) is 24.3 Å². The van der Waals surface area contributed by atoms with Crippen LogP contribution < -0.4 is 10.6 Å². The van der Waals surface area contributed by atoms with E-state index in [0.29, 0.717) is 11.4 Å². The standard InChI is InChI=1S/C22H16ClF3N4Si/c1-31(2,19-7-3-5-15(27-19)13-9-11-17(23)29-21(13)25)20-8-4-6-16(28-20)14-10-12-18(24)30-22(14)26/h3-12H,1-2H3. The fourth-order valence-electron chi connectivity index (χ4n) is 3.20. The lowest BCUT2D eigenvalue weighted by atomic mass is 10.2. The first-order chi connectivity index (χ1) is 14.8. The van der Waals surface area contributed by atoms with Crippen LogP contribution in [0.3, 0.4) is 0 Å². The average molecular weight is 457 g/mol. The summed E-state index contributed by atoms with van der Waals surface area (Å²) in [6.07, 6.45) is 0. The van der Waals surface area contributed by atoms with Crippen molar-refractivity contribution in [1.82, 2.24) is 19.9 Å². The van der Waals surface area contributed by atoms with Gasteiger partial charge < -0.3 is 0 Å². The zero-order chi connectivity index (χ0) is 22.2. The summed E-state index contributed by atoms with van der Waals surface area (Å²) in [7, 11) is -2.45. The molecule has 0 bridgehead atoms. The Bertz CT molecular complexity index is 1190. The highest BCUT2D eigenvalue weighted by molar-refractivity contribution is 6.99. The molecule has 0 aromatic carbocycles. The van der Waals surface area contributed by atoms with Gasteiger partial charge in [0.15, 0.2) is 8.07 Å². The van der Waals surface area contributed by atoms with E-state index < -0.39 is 25.9 Å². The van der Waals surface area contributed by atoms with Crippen LogP contribution in [0.1, 0.15) is 0 Å². The first kappa shape index (κ1) is 21.1. The molecule has 0 atom stereocenters. The molecule has 4 nitrogen and oxygen atoms in total. The van der Waals surface area contributed by atoms with E-state index in [1.807, 2.05) is 25.2 Å². The minimum atomic E-state index is -2.45. The molecule has 4 aromatic heterocycles. The van der Waals surface area contributed by atoms with Gasteiger partial charge in [0, 0.05) is 10.6 Å². The van der Waals surface area contributed by atoms with E-state index in [4.69, 9.17) is 11.6 Å². The molecular formula is C22H16ClF3N4Si. The lowest BCUT2D eigenvalue weighted by molar-refractivity contribution is 0.515. The van der Waals surface area contributed by atoms with Crippen molar-refractivity contribution in [2.45, 2.75) is 13.1 Å². The third kappa shape index (κ3) is 4.21. The van der Waals surface area contributed by atoms with E-state index in [0.717, 1.165) is 16.7 Å². The van der Waals surface area contributed by atoms with Gasteiger partial charge in [-0.05, 0) is 48.5 Å². The van der Waals surface area contributed by atoms with Crippen molar-refractivity contribution in [2.75, 3.05) is 0 Å². The first-order valence-electron chi connectivity index (χ1n) is 9.35. The maximum absolute atomic E-state index is 14.3. The summed E-state index contributed by atoms with van der Waals surface area (Å²) < 4.78 is 41.6. The topological polar surface area (TPSA) is 51.6 Å². The van der Waals surface area contributed by atoms with Crippen LogP contribution in [0.25, 0.3) is 22.5 Å². The Morgan fingerprint density at radius 2 is 1.16 bits per heavy atom. The monoisotopic (exact) mass is 456 g/mol. The summed E-state index contributed by atoms with van der Waals surface area (Å²) in [5.41, 5.74) is 1.15. The Morgan fingerprint density at radius 1 is 0.645 bits per heavy atom. The maximum Gasteiger partial charge on any atom is 0.224 e. The van der Waals surface area contributed by atoms with Crippen molar-refractivity contribution in [3.05, 3.63) is 83.7 Å². The van der Waals surface area contributed by atoms with E-state index in [-0.39, 0.29) is 16.3 Å². The van der Waals surface area contributed by atoms with Gasteiger partial charge in [-0.25, -0.2) is 4.98 Å². The largest absolute Gasteiger partial charge is 0.257 e. The van der Waals surface area contributed by atoms with E-state index >= 15 is 0 Å². The Balaban J connectivity index is 1.75. The van der Waals surface area contributed by atoms with Gasteiger partial charge in [-0.1, -0.05) is 36.8 Å². The summed E-state index contributed by atoms with van der Waals surface area (Å²) in [5.74, 6) is -2.51. The van der Waals surface area contributed by atoms with Crippen molar-refractivity contribution in [1.29, 1.82) is 0 Å². The van der Waals surface area contributed by atoms with Gasteiger partial charge in [0.05, 0.1) is 22.5 Å². The fourth-order valence-corrected chi connectivity index (χ4v) is 5.43. The lowest BCUT2D eigenvalue weighted by Gasteiger charge is -2.22. The predicted octanol–water partition coefficient (Wildman–Crippen LogP) is 4.49. The third-order valence-electron chi connectivity index (χ3n) is 4.96. The number of nitrogens with zero attached hydrogens (tertiary/aromatic N) is 4. The lowest BCUT2D eigenvalue weighted by Crippen LogP contribution is -2.55. The molecule has 0 aliphatic rings. The van der Waals surface area contributed by atoms with Crippen LogP contribution >= 0.6 is 11.6 Å². The second kappa shape index (κ2) is 8.20. The van der Waals surface area contributed by atoms with Crippen molar-refractivity contribution < 1.29 is 13.2 Å². The van der Waals surface area contributed by atoms with E-state index in [1.165, 1.54) is 18.2 Å². The first-order valence-corrected chi connectivity index (χ1v) is 12.7. The van der Waals surface area contributed by atoms with Crippen LogP contribution in [0.2, 0.25) is 18.2 Å². The molecule has 4 heterocycles. The van der Waals surface area contributed by atoms with Crippen LogP contribution in [-0.2, 0) is 0 Å². The maximum atomic E-state index is 14.3. The number of halogens is 4. The summed E-state index contributed by atoms with van der Waals surface area (Å²) >= 11 is 5.75. The SMILES string of the molecule is C[Si](C)(c1cccc(-c2ccc(F)nc2F)n1)c1cccc(-c2ccc(Cl)nc2F)n1. The molecule has 9 heteroatoms. The molecule has 4 aromatic rings. The molecule has 0 saturated heterocycles. The molecule has 0 saturated carbocycles. The molecule has 156 valence electrons. The smallest absolute Gasteiger partial charge is 0.224 e. The molecule has 0 N–H and O–H groups in total. The van der Waals surface area contributed by atoms with Crippen LogP contribution in [0, 0.1) is 17.8 Å². The van der Waals surface area contributed by atoms with Gasteiger partial charge in [0.2, 0.25) is 17.8 Å². The van der Waals surface area contributed by atoms with Crippen LogP contribution in [0.5, 0.6) is 0 Å². The Kier molecular flexibility index (Phi) is 5.59. The van der Waals surface area contributed by atoms with Gasteiger partial charge in [-0.3, -0.25) is 9.97 Å². The normalized spacial score (nSPS) is 11.5. The van der Waals surface area contributed by atoms with Crippen molar-refractivity contribution in [3.63, 3.8) is 0 Å². The Labute approximate surface area is 182 Å². The van der Waals surface area contributed by atoms with Gasteiger partial charge in [-0.2, -0.15) is 18.2 Å². The summed E-state index contributed by atoms with van der Waals surface area (Å²) in [6, 6.07) is 16.1. The van der Waals surface area contributed by atoms with Crippen LogP contribution in [0.15, 0.2) is 60.7 Å². The van der Waals surface area contributed by atoms with Crippen LogP contribution in [0.4, 0.5) is 13.2 Å². The Hall–Kier alpha value is -3.10.